The first-order valence-electron chi connectivity index (χ1n) is 26.1. The number of unbranched alkanes of at least 4 members (excludes halogenated alkanes) is 12. The van der Waals surface area contributed by atoms with Crippen molar-refractivity contribution in [3.05, 3.63) is 194 Å². The zero-order valence-electron chi connectivity index (χ0n) is 43.0. The Morgan fingerprint density at radius 1 is 0.319 bits per heavy atom. The van der Waals surface area contributed by atoms with Crippen LogP contribution in [0.3, 0.4) is 0 Å². The maximum atomic E-state index is 12.8. The first-order chi connectivity index (χ1) is 34.0. The lowest BCUT2D eigenvalue weighted by Crippen LogP contribution is -2.30. The number of carbonyl (C=O) groups is 3. The molecule has 0 spiro atoms. The molecule has 0 aliphatic heterocycles. The number of allylic oxidation sites excluding steroid dienone is 32. The van der Waals surface area contributed by atoms with Gasteiger partial charge in [0, 0.05) is 19.3 Å². The van der Waals surface area contributed by atoms with Crippen molar-refractivity contribution in [2.24, 2.45) is 0 Å². The van der Waals surface area contributed by atoms with Crippen LogP contribution in [0.15, 0.2) is 194 Å². The van der Waals surface area contributed by atoms with Crippen LogP contribution in [0.2, 0.25) is 0 Å². The Labute approximate surface area is 420 Å². The van der Waals surface area contributed by atoms with Crippen molar-refractivity contribution >= 4 is 17.9 Å². The third kappa shape index (κ3) is 53.1. The number of hydrogen-bond acceptors (Lipinski definition) is 6. The minimum atomic E-state index is -0.857. The molecule has 0 fully saturated rings. The largest absolute Gasteiger partial charge is 0.462 e. The number of esters is 3. The summed E-state index contributed by atoms with van der Waals surface area (Å²) in [4.78, 5) is 38.0. The van der Waals surface area contributed by atoms with Crippen molar-refractivity contribution in [3.8, 4) is 0 Å². The summed E-state index contributed by atoms with van der Waals surface area (Å²) in [5, 5.41) is 0. The molecule has 0 saturated carbocycles. The Kier molecular flexibility index (Phi) is 50.3. The SMILES string of the molecule is CC\C=C/C=C\C=C/C=C\C=C\C=C/C=C\CCCCCC(=O)OCC(COC(=O)CC/C=C\C/C=C\CCCCCCCC)OC(=O)CCCCC\C=C/C=C\C=C\C=C/C=C\C=C/C=C\CC. The molecule has 6 heteroatoms. The van der Waals surface area contributed by atoms with E-state index in [0.29, 0.717) is 19.3 Å². The maximum Gasteiger partial charge on any atom is 0.306 e. The summed E-state index contributed by atoms with van der Waals surface area (Å²) in [6.07, 6.45) is 84.1. The zero-order valence-corrected chi connectivity index (χ0v) is 43.0. The van der Waals surface area contributed by atoms with Crippen LogP contribution < -0.4 is 0 Å². The Hall–Kier alpha value is -5.75. The lowest BCUT2D eigenvalue weighted by atomic mass is 10.1. The monoisotopic (exact) mass is 943 g/mol. The van der Waals surface area contributed by atoms with Gasteiger partial charge in [0.15, 0.2) is 6.10 Å². The normalized spacial score (nSPS) is 13.7. The molecule has 0 rings (SSSR count). The highest BCUT2D eigenvalue weighted by Crippen LogP contribution is 2.11. The van der Waals surface area contributed by atoms with Crippen LogP contribution in [0.4, 0.5) is 0 Å². The van der Waals surface area contributed by atoms with Crippen molar-refractivity contribution < 1.29 is 28.6 Å². The first-order valence-corrected chi connectivity index (χ1v) is 26.1. The van der Waals surface area contributed by atoms with Gasteiger partial charge in [0.25, 0.3) is 0 Å². The van der Waals surface area contributed by atoms with E-state index in [1.165, 1.54) is 38.5 Å². The van der Waals surface area contributed by atoms with Gasteiger partial charge in [0.2, 0.25) is 0 Å². The third-order valence-corrected chi connectivity index (χ3v) is 9.97. The molecule has 6 nitrogen and oxygen atoms in total. The van der Waals surface area contributed by atoms with Crippen LogP contribution in [-0.2, 0) is 28.6 Å². The molecule has 0 radical (unpaired) electrons. The summed E-state index contributed by atoms with van der Waals surface area (Å²) in [5.74, 6) is -1.13. The Morgan fingerprint density at radius 3 is 1.09 bits per heavy atom. The van der Waals surface area contributed by atoms with Crippen LogP contribution in [-0.4, -0.2) is 37.2 Å². The molecule has 0 aromatic heterocycles. The van der Waals surface area contributed by atoms with Gasteiger partial charge in [-0.05, 0) is 77.0 Å². The van der Waals surface area contributed by atoms with Gasteiger partial charge in [-0.3, -0.25) is 14.4 Å². The summed E-state index contributed by atoms with van der Waals surface area (Å²) in [6, 6.07) is 0. The number of hydrogen-bond donors (Lipinski definition) is 0. The highest BCUT2D eigenvalue weighted by molar-refractivity contribution is 5.71. The van der Waals surface area contributed by atoms with Crippen LogP contribution >= 0.6 is 0 Å². The third-order valence-electron chi connectivity index (χ3n) is 9.97. The smallest absolute Gasteiger partial charge is 0.306 e. The van der Waals surface area contributed by atoms with Gasteiger partial charge in [0.1, 0.15) is 13.2 Å². The molecule has 0 saturated heterocycles. The molecule has 0 bridgehead atoms. The van der Waals surface area contributed by atoms with E-state index >= 15 is 0 Å². The quantitative estimate of drug-likeness (QED) is 0.0199. The number of rotatable bonds is 43. The van der Waals surface area contributed by atoms with Crippen molar-refractivity contribution in [1.82, 2.24) is 0 Å². The second-order valence-electron chi connectivity index (χ2n) is 16.3. The second-order valence-corrected chi connectivity index (χ2v) is 16.3. The second kappa shape index (κ2) is 54.9. The molecule has 0 aliphatic rings. The number of carbonyl (C=O) groups excluding carboxylic acids is 3. The highest BCUT2D eigenvalue weighted by atomic mass is 16.6. The van der Waals surface area contributed by atoms with E-state index in [-0.39, 0.29) is 44.4 Å². The molecule has 0 aromatic carbocycles. The fourth-order valence-corrected chi connectivity index (χ4v) is 6.11. The molecule has 1 unspecified atom stereocenters. The predicted octanol–water partition coefficient (Wildman–Crippen LogP) is 17.5. The van der Waals surface area contributed by atoms with Gasteiger partial charge in [-0.1, -0.05) is 260 Å². The molecule has 0 N–H and O–H groups in total. The Morgan fingerprint density at radius 2 is 0.652 bits per heavy atom. The molecule has 0 aliphatic carbocycles. The lowest BCUT2D eigenvalue weighted by Gasteiger charge is -2.18. The summed E-state index contributed by atoms with van der Waals surface area (Å²) >= 11 is 0. The number of ether oxygens (including phenoxy) is 3. The van der Waals surface area contributed by atoms with E-state index in [0.717, 1.165) is 64.2 Å². The summed E-state index contributed by atoms with van der Waals surface area (Å²) in [7, 11) is 0. The summed E-state index contributed by atoms with van der Waals surface area (Å²) in [5.41, 5.74) is 0. The predicted molar refractivity (Wildman–Crippen MR) is 297 cm³/mol. The van der Waals surface area contributed by atoms with Crippen molar-refractivity contribution in [3.63, 3.8) is 0 Å². The van der Waals surface area contributed by atoms with Crippen LogP contribution in [0.5, 0.6) is 0 Å². The zero-order chi connectivity index (χ0) is 50.0. The van der Waals surface area contributed by atoms with E-state index < -0.39 is 12.1 Å². The average molecular weight is 943 g/mol. The van der Waals surface area contributed by atoms with Crippen molar-refractivity contribution in [2.45, 2.75) is 168 Å². The van der Waals surface area contributed by atoms with Gasteiger partial charge in [-0.2, -0.15) is 0 Å². The van der Waals surface area contributed by atoms with Gasteiger partial charge in [0.05, 0.1) is 0 Å². The van der Waals surface area contributed by atoms with Gasteiger partial charge >= 0.3 is 17.9 Å². The van der Waals surface area contributed by atoms with Gasteiger partial charge in [-0.15, -0.1) is 0 Å². The van der Waals surface area contributed by atoms with Gasteiger partial charge < -0.3 is 14.2 Å². The molecule has 69 heavy (non-hydrogen) atoms. The minimum absolute atomic E-state index is 0.150. The molecule has 0 heterocycles. The lowest BCUT2D eigenvalue weighted by molar-refractivity contribution is -0.166. The first kappa shape index (κ1) is 63.2. The fourth-order valence-electron chi connectivity index (χ4n) is 6.11. The van der Waals surface area contributed by atoms with E-state index in [2.05, 4.69) is 63.3 Å². The van der Waals surface area contributed by atoms with Gasteiger partial charge in [-0.25, -0.2) is 0 Å². The average Bonchev–Trinajstić information content (AvgIpc) is 3.35. The van der Waals surface area contributed by atoms with E-state index in [1.807, 2.05) is 152 Å². The topological polar surface area (TPSA) is 78.9 Å². The summed E-state index contributed by atoms with van der Waals surface area (Å²) in [6.45, 7) is 6.16. The van der Waals surface area contributed by atoms with E-state index in [4.69, 9.17) is 14.2 Å². The standard InChI is InChI=1S/C63H90O6/c1-4-7-10-13-16-19-22-25-27-29-31-33-35-38-41-44-47-50-53-56-62(65)68-59-60(58-67-61(64)55-52-49-46-43-40-37-24-21-18-15-12-9-6-3)69-63(66)57-54-51-48-45-42-39-36-34-32-30-28-26-23-20-17-14-11-8-5-2/h7-8,10-11,13-14,16-17,19-20,22-23,25-42,46,49,60H,4-6,9,12,15,18,21,24,43-45,47-48,50-59H2,1-3H3/b10-7-,11-8-,16-13-,17-14-,22-19-,23-20-,27-25-,28-26-,31-29+,32-30+,35-33-,36-34-,40-37-,41-38-,42-39-,49-46-. The highest BCUT2D eigenvalue weighted by Gasteiger charge is 2.19. The fraction of sp³-hybridized carbons (Fsp3) is 0.444. The minimum Gasteiger partial charge on any atom is -0.462 e. The molecule has 0 amide bonds. The Bertz CT molecular complexity index is 1750. The summed E-state index contributed by atoms with van der Waals surface area (Å²) < 4.78 is 16.7. The van der Waals surface area contributed by atoms with Crippen LogP contribution in [0, 0.1) is 0 Å². The Balaban J connectivity index is 4.71. The molecule has 1 atom stereocenters. The molecular weight excluding hydrogens is 853 g/mol. The van der Waals surface area contributed by atoms with E-state index in [1.54, 1.807) is 0 Å². The van der Waals surface area contributed by atoms with Crippen molar-refractivity contribution in [2.75, 3.05) is 13.2 Å². The van der Waals surface area contributed by atoms with Crippen LogP contribution in [0.25, 0.3) is 0 Å². The van der Waals surface area contributed by atoms with Crippen LogP contribution in [0.1, 0.15) is 162 Å². The van der Waals surface area contributed by atoms with Crippen molar-refractivity contribution in [1.29, 1.82) is 0 Å². The molecule has 0 aromatic rings. The maximum absolute atomic E-state index is 12.8. The molecule has 378 valence electrons. The van der Waals surface area contributed by atoms with E-state index in [9.17, 15) is 14.4 Å². The molecular formula is C63H90O6.